The Labute approximate surface area is 123 Å². The van der Waals surface area contributed by atoms with Gasteiger partial charge in [0, 0.05) is 23.7 Å². The number of hydrogen-bond acceptors (Lipinski definition) is 2. The number of rotatable bonds is 3. The molecule has 3 rings (SSSR count). The molecule has 0 saturated carbocycles. The molecule has 0 aliphatic carbocycles. The van der Waals surface area contributed by atoms with Gasteiger partial charge in [-0.1, -0.05) is 35.9 Å². The van der Waals surface area contributed by atoms with Crippen LogP contribution in [0.2, 0.25) is 0 Å². The number of aryl methyl sites for hydroxylation is 1. The number of para-hydroxylation sites is 1. The van der Waals surface area contributed by atoms with Gasteiger partial charge in [-0.05, 0) is 36.8 Å². The van der Waals surface area contributed by atoms with Gasteiger partial charge >= 0.3 is 0 Å². The monoisotopic (exact) mass is 276 g/mol. The number of fused-ring (bicyclic) bond motifs is 1. The second kappa shape index (κ2) is 5.75. The first-order valence-corrected chi connectivity index (χ1v) is 6.91. The SMILES string of the molecule is Cc1ccc(C(=O)NCc2ccnc3ccccc23)cc1. The Bertz CT molecular complexity index is 773. The maximum Gasteiger partial charge on any atom is 0.251 e. The molecule has 1 aromatic heterocycles. The van der Waals surface area contributed by atoms with Gasteiger partial charge in [0.1, 0.15) is 0 Å². The van der Waals surface area contributed by atoms with Crippen LogP contribution in [0.25, 0.3) is 10.9 Å². The van der Waals surface area contributed by atoms with Crippen LogP contribution in [0.5, 0.6) is 0 Å². The molecule has 1 heterocycles. The van der Waals surface area contributed by atoms with Gasteiger partial charge in [-0.15, -0.1) is 0 Å². The first-order chi connectivity index (χ1) is 10.2. The van der Waals surface area contributed by atoms with E-state index >= 15 is 0 Å². The number of benzene rings is 2. The third-order valence-corrected chi connectivity index (χ3v) is 3.49. The molecule has 0 spiro atoms. The molecule has 21 heavy (non-hydrogen) atoms. The molecule has 3 heteroatoms. The topological polar surface area (TPSA) is 42.0 Å². The van der Waals surface area contributed by atoms with E-state index in [0.29, 0.717) is 12.1 Å². The Hall–Kier alpha value is -2.68. The molecule has 0 aliphatic heterocycles. The summed E-state index contributed by atoms with van der Waals surface area (Å²) in [6, 6.07) is 17.4. The van der Waals surface area contributed by atoms with Crippen molar-refractivity contribution in [2.45, 2.75) is 13.5 Å². The third kappa shape index (κ3) is 2.92. The summed E-state index contributed by atoms with van der Waals surface area (Å²) < 4.78 is 0. The van der Waals surface area contributed by atoms with Gasteiger partial charge in [-0.3, -0.25) is 9.78 Å². The summed E-state index contributed by atoms with van der Waals surface area (Å²) in [5, 5.41) is 4.03. The Kier molecular flexibility index (Phi) is 3.65. The van der Waals surface area contributed by atoms with Crippen LogP contribution in [-0.4, -0.2) is 10.9 Å². The lowest BCUT2D eigenvalue weighted by molar-refractivity contribution is 0.0951. The highest BCUT2D eigenvalue weighted by atomic mass is 16.1. The average molecular weight is 276 g/mol. The van der Waals surface area contributed by atoms with Crippen molar-refractivity contribution in [1.82, 2.24) is 10.3 Å². The Balaban J connectivity index is 1.77. The zero-order valence-electron chi connectivity index (χ0n) is 11.8. The van der Waals surface area contributed by atoms with Gasteiger partial charge in [0.15, 0.2) is 0 Å². The van der Waals surface area contributed by atoms with Crippen LogP contribution in [-0.2, 0) is 6.54 Å². The Morgan fingerprint density at radius 2 is 1.81 bits per heavy atom. The smallest absolute Gasteiger partial charge is 0.251 e. The fraction of sp³-hybridized carbons (Fsp3) is 0.111. The molecule has 0 saturated heterocycles. The molecule has 3 nitrogen and oxygen atoms in total. The van der Waals surface area contributed by atoms with E-state index in [1.807, 2.05) is 61.5 Å². The highest BCUT2D eigenvalue weighted by Gasteiger charge is 2.06. The number of carbonyl (C=O) groups is 1. The maximum absolute atomic E-state index is 12.1. The summed E-state index contributed by atoms with van der Waals surface area (Å²) >= 11 is 0. The van der Waals surface area contributed by atoms with Crippen LogP contribution in [0.1, 0.15) is 21.5 Å². The fourth-order valence-corrected chi connectivity index (χ4v) is 2.29. The summed E-state index contributed by atoms with van der Waals surface area (Å²) in [6.07, 6.45) is 1.77. The number of nitrogens with zero attached hydrogens (tertiary/aromatic N) is 1. The van der Waals surface area contributed by atoms with E-state index in [2.05, 4.69) is 10.3 Å². The van der Waals surface area contributed by atoms with E-state index < -0.39 is 0 Å². The van der Waals surface area contributed by atoms with Crippen LogP contribution in [0.3, 0.4) is 0 Å². The first kappa shape index (κ1) is 13.3. The minimum atomic E-state index is -0.0594. The third-order valence-electron chi connectivity index (χ3n) is 3.49. The van der Waals surface area contributed by atoms with Crippen molar-refractivity contribution >= 4 is 16.8 Å². The molecule has 3 aromatic rings. The molecule has 0 aliphatic rings. The highest BCUT2D eigenvalue weighted by molar-refractivity contribution is 5.94. The predicted molar refractivity (Wildman–Crippen MR) is 84.1 cm³/mol. The number of hydrogen-bond donors (Lipinski definition) is 1. The zero-order chi connectivity index (χ0) is 14.7. The van der Waals surface area contributed by atoms with Gasteiger partial charge < -0.3 is 5.32 Å². The van der Waals surface area contributed by atoms with E-state index in [0.717, 1.165) is 22.0 Å². The van der Waals surface area contributed by atoms with Crippen molar-refractivity contribution in [3.8, 4) is 0 Å². The van der Waals surface area contributed by atoms with Crippen molar-refractivity contribution in [3.63, 3.8) is 0 Å². The van der Waals surface area contributed by atoms with Crippen LogP contribution in [0.4, 0.5) is 0 Å². The van der Waals surface area contributed by atoms with Gasteiger partial charge in [0.2, 0.25) is 0 Å². The number of carbonyl (C=O) groups excluding carboxylic acids is 1. The molecular formula is C18H16N2O. The summed E-state index contributed by atoms with van der Waals surface area (Å²) in [4.78, 5) is 16.5. The zero-order valence-corrected chi connectivity index (χ0v) is 11.8. The lowest BCUT2D eigenvalue weighted by atomic mass is 10.1. The summed E-state index contributed by atoms with van der Waals surface area (Å²) in [7, 11) is 0. The summed E-state index contributed by atoms with van der Waals surface area (Å²) in [5.41, 5.74) is 3.84. The lowest BCUT2D eigenvalue weighted by Gasteiger charge is -2.08. The van der Waals surface area contributed by atoms with E-state index in [4.69, 9.17) is 0 Å². The minimum Gasteiger partial charge on any atom is -0.348 e. The van der Waals surface area contributed by atoms with Crippen LogP contribution in [0.15, 0.2) is 60.8 Å². The van der Waals surface area contributed by atoms with Crippen molar-refractivity contribution in [2.24, 2.45) is 0 Å². The molecule has 0 unspecified atom stereocenters. The Morgan fingerprint density at radius 3 is 2.62 bits per heavy atom. The quantitative estimate of drug-likeness (QED) is 0.796. The Morgan fingerprint density at radius 1 is 1.05 bits per heavy atom. The molecule has 104 valence electrons. The normalized spacial score (nSPS) is 10.5. The van der Waals surface area contributed by atoms with E-state index in [1.165, 1.54) is 0 Å². The van der Waals surface area contributed by atoms with Crippen molar-refractivity contribution in [3.05, 3.63) is 77.5 Å². The largest absolute Gasteiger partial charge is 0.348 e. The molecule has 1 amide bonds. The fourth-order valence-electron chi connectivity index (χ4n) is 2.29. The van der Waals surface area contributed by atoms with Crippen LogP contribution >= 0.6 is 0 Å². The maximum atomic E-state index is 12.1. The predicted octanol–water partition coefficient (Wildman–Crippen LogP) is 3.47. The molecule has 1 N–H and O–H groups in total. The van der Waals surface area contributed by atoms with E-state index in [9.17, 15) is 4.79 Å². The summed E-state index contributed by atoms with van der Waals surface area (Å²) in [6.45, 7) is 2.50. The van der Waals surface area contributed by atoms with E-state index in [1.54, 1.807) is 6.20 Å². The number of nitrogens with one attached hydrogen (secondary N) is 1. The molecule has 0 radical (unpaired) electrons. The van der Waals surface area contributed by atoms with Crippen molar-refractivity contribution in [2.75, 3.05) is 0 Å². The number of amides is 1. The standard InChI is InChI=1S/C18H16N2O/c1-13-6-8-14(9-7-13)18(21)20-12-15-10-11-19-17-5-3-2-4-16(15)17/h2-11H,12H2,1H3,(H,20,21). The van der Waals surface area contributed by atoms with Gasteiger partial charge in [0.05, 0.1) is 5.52 Å². The van der Waals surface area contributed by atoms with Crippen LogP contribution < -0.4 is 5.32 Å². The lowest BCUT2D eigenvalue weighted by Crippen LogP contribution is -2.22. The van der Waals surface area contributed by atoms with E-state index in [-0.39, 0.29) is 5.91 Å². The molecule has 2 aromatic carbocycles. The summed E-state index contributed by atoms with van der Waals surface area (Å²) in [5.74, 6) is -0.0594. The van der Waals surface area contributed by atoms with Crippen LogP contribution in [0, 0.1) is 6.92 Å². The first-order valence-electron chi connectivity index (χ1n) is 6.91. The number of pyridine rings is 1. The second-order valence-corrected chi connectivity index (χ2v) is 5.04. The average Bonchev–Trinajstić information content (AvgIpc) is 2.53. The second-order valence-electron chi connectivity index (χ2n) is 5.04. The highest BCUT2D eigenvalue weighted by Crippen LogP contribution is 2.16. The molecular weight excluding hydrogens is 260 g/mol. The molecule has 0 fully saturated rings. The van der Waals surface area contributed by atoms with Crippen molar-refractivity contribution < 1.29 is 4.79 Å². The minimum absolute atomic E-state index is 0.0594. The van der Waals surface area contributed by atoms with Crippen molar-refractivity contribution in [1.29, 1.82) is 0 Å². The van der Waals surface area contributed by atoms with Gasteiger partial charge in [-0.2, -0.15) is 0 Å². The number of aromatic nitrogens is 1. The molecule has 0 bridgehead atoms. The van der Waals surface area contributed by atoms with Gasteiger partial charge in [0.25, 0.3) is 5.91 Å². The van der Waals surface area contributed by atoms with Gasteiger partial charge in [-0.25, -0.2) is 0 Å². The molecule has 0 atom stereocenters.